The number of aromatic amines is 1. The highest BCUT2D eigenvalue weighted by Crippen LogP contribution is 2.18. The Morgan fingerprint density at radius 2 is 2.00 bits per heavy atom. The van der Waals surface area contributed by atoms with Gasteiger partial charge in [-0.1, -0.05) is 38.1 Å². The lowest BCUT2D eigenvalue weighted by molar-refractivity contribution is 0.202. The summed E-state index contributed by atoms with van der Waals surface area (Å²) in [4.78, 5) is 7.79. The van der Waals surface area contributed by atoms with Crippen LogP contribution in [-0.2, 0) is 17.7 Å². The molecule has 0 amide bonds. The topological polar surface area (TPSA) is 49.9 Å². The third-order valence-corrected chi connectivity index (χ3v) is 3.33. The zero-order valence-corrected chi connectivity index (χ0v) is 13.1. The van der Waals surface area contributed by atoms with Gasteiger partial charge in [-0.3, -0.25) is 0 Å². The number of aromatic nitrogens is 2. The van der Waals surface area contributed by atoms with Gasteiger partial charge in [0.25, 0.3) is 0 Å². The molecule has 2 rings (SSSR count). The second-order valence-electron chi connectivity index (χ2n) is 5.71. The van der Waals surface area contributed by atoms with Gasteiger partial charge in [-0.25, -0.2) is 4.98 Å². The highest BCUT2D eigenvalue weighted by Gasteiger charge is 2.04. The van der Waals surface area contributed by atoms with Crippen LogP contribution < -0.4 is 5.32 Å². The lowest BCUT2D eigenvalue weighted by Crippen LogP contribution is -2.19. The first-order valence-electron chi connectivity index (χ1n) is 7.52. The van der Waals surface area contributed by atoms with Gasteiger partial charge >= 0.3 is 0 Å². The Balaban J connectivity index is 1.94. The van der Waals surface area contributed by atoms with Crippen molar-refractivity contribution in [3.05, 3.63) is 41.9 Å². The number of hydrogen-bond donors (Lipinski definition) is 2. The SMILES string of the molecule is COCCc1ccc(-c2cnc(CNCC(C)C)[nH]2)cc1. The predicted molar refractivity (Wildman–Crippen MR) is 86.1 cm³/mol. The van der Waals surface area contributed by atoms with Gasteiger partial charge in [-0.2, -0.15) is 0 Å². The number of methoxy groups -OCH3 is 1. The summed E-state index contributed by atoms with van der Waals surface area (Å²) in [5, 5.41) is 3.39. The molecule has 0 saturated carbocycles. The van der Waals surface area contributed by atoms with E-state index in [-0.39, 0.29) is 0 Å². The third kappa shape index (κ3) is 4.99. The van der Waals surface area contributed by atoms with Crippen molar-refractivity contribution in [1.29, 1.82) is 0 Å². The van der Waals surface area contributed by atoms with Gasteiger partial charge in [0.15, 0.2) is 0 Å². The van der Waals surface area contributed by atoms with E-state index in [1.165, 1.54) is 11.1 Å². The molecule has 0 unspecified atom stereocenters. The first-order chi connectivity index (χ1) is 10.2. The lowest BCUT2D eigenvalue weighted by Gasteiger charge is -2.05. The number of nitrogens with one attached hydrogen (secondary N) is 2. The molecule has 0 atom stereocenters. The highest BCUT2D eigenvalue weighted by atomic mass is 16.5. The quantitative estimate of drug-likeness (QED) is 0.784. The Morgan fingerprint density at radius 3 is 2.67 bits per heavy atom. The van der Waals surface area contributed by atoms with Crippen LogP contribution in [-0.4, -0.2) is 30.2 Å². The summed E-state index contributed by atoms with van der Waals surface area (Å²) in [6.45, 7) is 6.95. The lowest BCUT2D eigenvalue weighted by atomic mass is 10.1. The summed E-state index contributed by atoms with van der Waals surface area (Å²) in [6, 6.07) is 8.55. The van der Waals surface area contributed by atoms with Gasteiger partial charge in [0.1, 0.15) is 5.82 Å². The largest absolute Gasteiger partial charge is 0.384 e. The summed E-state index contributed by atoms with van der Waals surface area (Å²) >= 11 is 0. The number of ether oxygens (including phenoxy) is 1. The van der Waals surface area contributed by atoms with Crippen LogP contribution in [0.4, 0.5) is 0 Å². The molecular formula is C17H25N3O. The fraction of sp³-hybridized carbons (Fsp3) is 0.471. The number of hydrogen-bond acceptors (Lipinski definition) is 3. The van der Waals surface area contributed by atoms with Crippen molar-refractivity contribution in [2.75, 3.05) is 20.3 Å². The normalized spacial score (nSPS) is 11.2. The van der Waals surface area contributed by atoms with E-state index in [1.54, 1.807) is 7.11 Å². The minimum Gasteiger partial charge on any atom is -0.384 e. The smallest absolute Gasteiger partial charge is 0.120 e. The molecule has 0 saturated heterocycles. The van der Waals surface area contributed by atoms with Gasteiger partial charge in [0, 0.05) is 7.11 Å². The number of imidazole rings is 1. The van der Waals surface area contributed by atoms with Gasteiger partial charge < -0.3 is 15.0 Å². The zero-order chi connectivity index (χ0) is 15.1. The molecule has 4 nitrogen and oxygen atoms in total. The molecule has 2 N–H and O–H groups in total. The standard InChI is InChI=1S/C17H25N3O/c1-13(2)10-18-12-17-19-11-16(20-17)15-6-4-14(5-7-15)8-9-21-3/h4-7,11,13,18H,8-10,12H2,1-3H3,(H,19,20). The summed E-state index contributed by atoms with van der Waals surface area (Å²) in [5.74, 6) is 1.63. The molecule has 0 aliphatic carbocycles. The van der Waals surface area contributed by atoms with Gasteiger partial charge in [0.2, 0.25) is 0 Å². The van der Waals surface area contributed by atoms with Crippen molar-refractivity contribution in [1.82, 2.24) is 15.3 Å². The van der Waals surface area contributed by atoms with E-state index in [0.717, 1.165) is 37.6 Å². The molecule has 4 heteroatoms. The molecule has 0 radical (unpaired) electrons. The fourth-order valence-electron chi connectivity index (χ4n) is 2.15. The van der Waals surface area contributed by atoms with Crippen LogP contribution in [0, 0.1) is 5.92 Å². The van der Waals surface area contributed by atoms with Crippen LogP contribution in [0.25, 0.3) is 11.3 Å². The molecule has 21 heavy (non-hydrogen) atoms. The molecule has 0 aliphatic rings. The van der Waals surface area contributed by atoms with Crippen LogP contribution in [0.5, 0.6) is 0 Å². The molecule has 1 aromatic carbocycles. The summed E-state index contributed by atoms with van der Waals surface area (Å²) in [5.41, 5.74) is 3.52. The van der Waals surface area contributed by atoms with Crippen LogP contribution in [0.1, 0.15) is 25.2 Å². The molecular weight excluding hydrogens is 262 g/mol. The van der Waals surface area contributed by atoms with Crippen molar-refractivity contribution in [3.63, 3.8) is 0 Å². The molecule has 1 heterocycles. The van der Waals surface area contributed by atoms with E-state index < -0.39 is 0 Å². The monoisotopic (exact) mass is 287 g/mol. The van der Waals surface area contributed by atoms with Crippen molar-refractivity contribution >= 4 is 0 Å². The predicted octanol–water partition coefficient (Wildman–Crippen LogP) is 3.01. The van der Waals surface area contributed by atoms with Gasteiger partial charge in [0.05, 0.1) is 25.0 Å². The highest BCUT2D eigenvalue weighted by molar-refractivity contribution is 5.58. The Hall–Kier alpha value is -1.65. The van der Waals surface area contributed by atoms with E-state index in [0.29, 0.717) is 5.92 Å². The van der Waals surface area contributed by atoms with E-state index in [2.05, 4.69) is 53.4 Å². The zero-order valence-electron chi connectivity index (χ0n) is 13.1. The van der Waals surface area contributed by atoms with Crippen molar-refractivity contribution in [3.8, 4) is 11.3 Å². The number of rotatable bonds is 8. The van der Waals surface area contributed by atoms with E-state index >= 15 is 0 Å². The van der Waals surface area contributed by atoms with Crippen LogP contribution in [0.15, 0.2) is 30.5 Å². The van der Waals surface area contributed by atoms with E-state index in [9.17, 15) is 0 Å². The second-order valence-corrected chi connectivity index (χ2v) is 5.71. The van der Waals surface area contributed by atoms with Crippen molar-refractivity contribution < 1.29 is 4.74 Å². The van der Waals surface area contributed by atoms with Gasteiger partial charge in [-0.15, -0.1) is 0 Å². The van der Waals surface area contributed by atoms with Crippen LogP contribution >= 0.6 is 0 Å². The van der Waals surface area contributed by atoms with Crippen LogP contribution in [0.3, 0.4) is 0 Å². The van der Waals surface area contributed by atoms with Crippen molar-refractivity contribution in [2.45, 2.75) is 26.8 Å². The van der Waals surface area contributed by atoms with Crippen LogP contribution in [0.2, 0.25) is 0 Å². The second kappa shape index (κ2) is 7.96. The number of nitrogens with zero attached hydrogens (tertiary/aromatic N) is 1. The molecule has 0 bridgehead atoms. The Morgan fingerprint density at radius 1 is 1.24 bits per heavy atom. The Bertz CT molecular complexity index is 531. The van der Waals surface area contributed by atoms with Crippen molar-refractivity contribution in [2.24, 2.45) is 5.92 Å². The molecule has 114 valence electrons. The number of benzene rings is 1. The van der Waals surface area contributed by atoms with Gasteiger partial charge in [-0.05, 0) is 30.0 Å². The third-order valence-electron chi connectivity index (χ3n) is 3.33. The average Bonchev–Trinajstić information content (AvgIpc) is 2.94. The molecule has 0 spiro atoms. The Labute approximate surface area is 127 Å². The Kier molecular flexibility index (Phi) is 5.96. The maximum absolute atomic E-state index is 5.10. The maximum Gasteiger partial charge on any atom is 0.120 e. The summed E-state index contributed by atoms with van der Waals surface area (Å²) < 4.78 is 5.10. The summed E-state index contributed by atoms with van der Waals surface area (Å²) in [6.07, 6.45) is 2.85. The summed E-state index contributed by atoms with van der Waals surface area (Å²) in [7, 11) is 1.73. The average molecular weight is 287 g/mol. The minimum absolute atomic E-state index is 0.652. The molecule has 0 fully saturated rings. The van der Waals surface area contributed by atoms with E-state index in [4.69, 9.17) is 4.74 Å². The minimum atomic E-state index is 0.652. The van der Waals surface area contributed by atoms with E-state index in [1.807, 2.05) is 6.20 Å². The molecule has 0 aliphatic heterocycles. The number of H-pyrrole nitrogens is 1. The molecule has 1 aromatic heterocycles. The first-order valence-corrected chi connectivity index (χ1v) is 7.52. The first kappa shape index (κ1) is 15.7. The molecule has 2 aromatic rings. The fourth-order valence-corrected chi connectivity index (χ4v) is 2.15. The maximum atomic E-state index is 5.10.